The molecule has 2 aromatic carbocycles. The van der Waals surface area contributed by atoms with Gasteiger partial charge < -0.3 is 10.2 Å². The lowest BCUT2D eigenvalue weighted by Crippen LogP contribution is -2.08. The first kappa shape index (κ1) is 12.5. The van der Waals surface area contributed by atoms with E-state index in [1.165, 1.54) is 24.3 Å². The molecular weight excluding hydrogens is 254 g/mol. The van der Waals surface area contributed by atoms with E-state index in [4.69, 9.17) is 10.2 Å². The SMILES string of the molecule is O=C(O)c1ccc2ccc([N+](=O)[O-])cc2c1C(=O)O. The van der Waals surface area contributed by atoms with Crippen molar-refractivity contribution in [3.05, 3.63) is 51.6 Å². The highest BCUT2D eigenvalue weighted by Gasteiger charge is 2.20. The molecule has 7 nitrogen and oxygen atoms in total. The number of non-ortho nitro benzene ring substituents is 1. The van der Waals surface area contributed by atoms with Crippen LogP contribution in [0.1, 0.15) is 20.7 Å². The minimum absolute atomic E-state index is 0.0293. The van der Waals surface area contributed by atoms with E-state index in [9.17, 15) is 19.7 Å². The number of nitro groups is 1. The van der Waals surface area contributed by atoms with E-state index >= 15 is 0 Å². The molecular formula is C12H7NO6. The van der Waals surface area contributed by atoms with Crippen molar-refractivity contribution in [1.29, 1.82) is 0 Å². The number of rotatable bonds is 3. The summed E-state index contributed by atoms with van der Waals surface area (Å²) in [6.07, 6.45) is 0. The predicted octanol–water partition coefficient (Wildman–Crippen LogP) is 2.14. The molecule has 0 saturated heterocycles. The number of carboxylic acids is 2. The van der Waals surface area contributed by atoms with Crippen LogP contribution < -0.4 is 0 Å². The van der Waals surface area contributed by atoms with Crippen LogP contribution >= 0.6 is 0 Å². The molecule has 19 heavy (non-hydrogen) atoms. The van der Waals surface area contributed by atoms with Crippen molar-refractivity contribution < 1.29 is 24.7 Å². The van der Waals surface area contributed by atoms with Crippen LogP contribution in [0.4, 0.5) is 5.69 Å². The van der Waals surface area contributed by atoms with E-state index in [0.29, 0.717) is 5.39 Å². The third-order valence-corrected chi connectivity index (χ3v) is 2.66. The van der Waals surface area contributed by atoms with Gasteiger partial charge in [-0.3, -0.25) is 10.1 Å². The van der Waals surface area contributed by atoms with Crippen molar-refractivity contribution in [1.82, 2.24) is 0 Å². The summed E-state index contributed by atoms with van der Waals surface area (Å²) in [6, 6.07) is 6.25. The Bertz CT molecular complexity index is 716. The number of nitrogens with zero attached hydrogens (tertiary/aromatic N) is 1. The zero-order valence-corrected chi connectivity index (χ0v) is 9.36. The van der Waals surface area contributed by atoms with E-state index in [2.05, 4.69) is 0 Å². The van der Waals surface area contributed by atoms with Crippen molar-refractivity contribution in [2.45, 2.75) is 0 Å². The van der Waals surface area contributed by atoms with Gasteiger partial charge in [0.15, 0.2) is 0 Å². The molecule has 0 atom stereocenters. The Hall–Kier alpha value is -2.96. The van der Waals surface area contributed by atoms with Crippen molar-refractivity contribution in [3.8, 4) is 0 Å². The lowest BCUT2D eigenvalue weighted by atomic mass is 9.98. The molecule has 0 aliphatic rings. The molecule has 0 aliphatic carbocycles. The van der Waals surface area contributed by atoms with Gasteiger partial charge in [-0.1, -0.05) is 6.07 Å². The summed E-state index contributed by atoms with van der Waals surface area (Å²) in [5.74, 6) is -2.84. The quantitative estimate of drug-likeness (QED) is 0.645. The summed E-state index contributed by atoms with van der Waals surface area (Å²) in [7, 11) is 0. The zero-order chi connectivity index (χ0) is 14.2. The molecule has 0 heterocycles. The number of carboxylic acid groups (broad SMARTS) is 2. The van der Waals surface area contributed by atoms with Crippen LogP contribution in [-0.2, 0) is 0 Å². The number of fused-ring (bicyclic) bond motifs is 1. The van der Waals surface area contributed by atoms with Crippen LogP contribution in [-0.4, -0.2) is 27.1 Å². The van der Waals surface area contributed by atoms with Crippen LogP contribution in [0.25, 0.3) is 10.8 Å². The first-order valence-corrected chi connectivity index (χ1v) is 5.09. The highest BCUT2D eigenvalue weighted by Crippen LogP contribution is 2.26. The number of carbonyl (C=O) groups is 2. The van der Waals surface area contributed by atoms with E-state index < -0.39 is 28.0 Å². The molecule has 2 rings (SSSR count). The fourth-order valence-corrected chi connectivity index (χ4v) is 1.83. The average molecular weight is 261 g/mol. The Balaban J connectivity index is 2.89. The van der Waals surface area contributed by atoms with Crippen LogP contribution in [0.15, 0.2) is 30.3 Å². The maximum atomic E-state index is 11.2. The Kier molecular flexibility index (Phi) is 2.88. The summed E-state index contributed by atoms with van der Waals surface area (Å²) in [4.78, 5) is 32.2. The smallest absolute Gasteiger partial charge is 0.337 e. The van der Waals surface area contributed by atoms with E-state index in [0.717, 1.165) is 6.07 Å². The van der Waals surface area contributed by atoms with Gasteiger partial charge in [0.25, 0.3) is 5.69 Å². The van der Waals surface area contributed by atoms with Gasteiger partial charge in [0, 0.05) is 17.5 Å². The summed E-state index contributed by atoms with van der Waals surface area (Å²) in [5, 5.41) is 29.2. The fourth-order valence-electron chi connectivity index (χ4n) is 1.83. The molecule has 2 N–H and O–H groups in total. The minimum atomic E-state index is -1.44. The van der Waals surface area contributed by atoms with Gasteiger partial charge in [-0.05, 0) is 17.5 Å². The number of benzene rings is 2. The summed E-state index contributed by atoms with van der Waals surface area (Å²) in [5.41, 5.74) is -1.15. The average Bonchev–Trinajstić information content (AvgIpc) is 2.35. The Labute approximate surface area is 105 Å². The van der Waals surface area contributed by atoms with Gasteiger partial charge in [0.05, 0.1) is 16.1 Å². The summed E-state index contributed by atoms with van der Waals surface area (Å²) < 4.78 is 0. The maximum Gasteiger partial charge on any atom is 0.337 e. The van der Waals surface area contributed by atoms with Gasteiger partial charge in [-0.25, -0.2) is 9.59 Å². The lowest BCUT2D eigenvalue weighted by Gasteiger charge is -2.06. The molecule has 0 spiro atoms. The van der Waals surface area contributed by atoms with Crippen LogP contribution in [0.5, 0.6) is 0 Å². The van der Waals surface area contributed by atoms with E-state index in [1.807, 2.05) is 0 Å². The number of nitro benzene ring substituents is 1. The molecule has 0 unspecified atom stereocenters. The van der Waals surface area contributed by atoms with Gasteiger partial charge in [-0.15, -0.1) is 0 Å². The van der Waals surface area contributed by atoms with Crippen LogP contribution in [0.2, 0.25) is 0 Å². The lowest BCUT2D eigenvalue weighted by molar-refractivity contribution is -0.384. The molecule has 0 saturated carbocycles. The molecule has 0 fully saturated rings. The van der Waals surface area contributed by atoms with E-state index in [1.54, 1.807) is 0 Å². The fraction of sp³-hybridized carbons (Fsp3) is 0. The molecule has 96 valence electrons. The molecule has 0 aromatic heterocycles. The first-order valence-electron chi connectivity index (χ1n) is 5.09. The number of hydrogen-bond acceptors (Lipinski definition) is 4. The summed E-state index contributed by atoms with van der Waals surface area (Å²) >= 11 is 0. The normalized spacial score (nSPS) is 10.3. The van der Waals surface area contributed by atoms with Crippen LogP contribution in [0, 0.1) is 10.1 Å². The third kappa shape index (κ3) is 2.08. The third-order valence-electron chi connectivity index (χ3n) is 2.66. The first-order chi connectivity index (χ1) is 8.91. The maximum absolute atomic E-state index is 11.2. The standard InChI is InChI=1S/C12H7NO6/c14-11(15)8-4-2-6-1-3-7(13(18)19)5-9(6)10(8)12(16)17/h1-5H,(H,14,15)(H,16,17). The molecule has 0 amide bonds. The summed E-state index contributed by atoms with van der Waals surface area (Å²) in [6.45, 7) is 0. The zero-order valence-electron chi connectivity index (χ0n) is 9.36. The predicted molar refractivity (Wildman–Crippen MR) is 64.5 cm³/mol. The second-order valence-corrected chi connectivity index (χ2v) is 3.76. The largest absolute Gasteiger partial charge is 0.478 e. The highest BCUT2D eigenvalue weighted by atomic mass is 16.6. The van der Waals surface area contributed by atoms with Crippen molar-refractivity contribution in [2.75, 3.05) is 0 Å². The Morgan fingerprint density at radius 3 is 2.21 bits per heavy atom. The second-order valence-electron chi connectivity index (χ2n) is 3.76. The molecule has 0 radical (unpaired) electrons. The van der Waals surface area contributed by atoms with Crippen molar-refractivity contribution >= 4 is 28.4 Å². The van der Waals surface area contributed by atoms with Crippen molar-refractivity contribution in [3.63, 3.8) is 0 Å². The second kappa shape index (κ2) is 4.37. The van der Waals surface area contributed by atoms with Crippen LogP contribution in [0.3, 0.4) is 0 Å². The van der Waals surface area contributed by atoms with Gasteiger partial charge in [0.2, 0.25) is 0 Å². The molecule has 7 heteroatoms. The van der Waals surface area contributed by atoms with Crippen molar-refractivity contribution in [2.24, 2.45) is 0 Å². The molecule has 0 aliphatic heterocycles. The monoisotopic (exact) mass is 261 g/mol. The highest BCUT2D eigenvalue weighted by molar-refractivity contribution is 6.12. The topological polar surface area (TPSA) is 118 Å². The van der Waals surface area contributed by atoms with E-state index in [-0.39, 0.29) is 11.1 Å². The van der Waals surface area contributed by atoms with Gasteiger partial charge in [0.1, 0.15) is 0 Å². The Morgan fingerprint density at radius 1 is 1.05 bits per heavy atom. The van der Waals surface area contributed by atoms with Gasteiger partial charge >= 0.3 is 11.9 Å². The minimum Gasteiger partial charge on any atom is -0.478 e. The number of aromatic carboxylic acids is 2. The molecule has 0 bridgehead atoms. The number of hydrogen-bond donors (Lipinski definition) is 2. The molecule has 2 aromatic rings. The van der Waals surface area contributed by atoms with Gasteiger partial charge in [-0.2, -0.15) is 0 Å². The Morgan fingerprint density at radius 2 is 1.68 bits per heavy atom.